The molecule has 0 aromatic heterocycles. The number of carbonyl (C=O) groups is 1. The van der Waals surface area contributed by atoms with Crippen LogP contribution in [-0.2, 0) is 14.3 Å². The van der Waals surface area contributed by atoms with Gasteiger partial charge in [0.1, 0.15) is 0 Å². The van der Waals surface area contributed by atoms with E-state index in [9.17, 15) is 4.79 Å². The third-order valence-electron chi connectivity index (χ3n) is 5.12. The van der Waals surface area contributed by atoms with Gasteiger partial charge in [-0.25, -0.2) is 4.79 Å². The first-order valence-corrected chi connectivity index (χ1v) is 9.34. The summed E-state index contributed by atoms with van der Waals surface area (Å²) >= 11 is 0. The second kappa shape index (κ2) is 7.84. The molecule has 0 unspecified atom stereocenters. The summed E-state index contributed by atoms with van der Waals surface area (Å²) in [5.41, 5.74) is 6.28. The fourth-order valence-electron chi connectivity index (χ4n) is 3.59. The molecule has 2 aliphatic rings. The number of hydrogen-bond acceptors (Lipinski definition) is 5. The largest absolute Gasteiger partial charge is 0.466 e. The molecule has 140 valence electrons. The summed E-state index contributed by atoms with van der Waals surface area (Å²) in [7, 11) is 1.43. The summed E-state index contributed by atoms with van der Waals surface area (Å²) in [6, 6.07) is 15.0. The maximum atomic E-state index is 11.9. The lowest BCUT2D eigenvalue weighted by Crippen LogP contribution is -2.36. The van der Waals surface area contributed by atoms with Crippen molar-refractivity contribution in [1.29, 1.82) is 0 Å². The Balaban J connectivity index is 1.61. The molecule has 1 fully saturated rings. The first-order chi connectivity index (χ1) is 13.2. The fourth-order valence-corrected chi connectivity index (χ4v) is 3.59. The highest BCUT2D eigenvalue weighted by atomic mass is 16.5. The van der Waals surface area contributed by atoms with Crippen LogP contribution >= 0.6 is 0 Å². The Kier molecular flexibility index (Phi) is 5.12. The Morgan fingerprint density at radius 3 is 2.56 bits per heavy atom. The van der Waals surface area contributed by atoms with Gasteiger partial charge in [0.15, 0.2) is 0 Å². The molecule has 27 heavy (non-hydrogen) atoms. The van der Waals surface area contributed by atoms with Gasteiger partial charge in [0, 0.05) is 36.6 Å². The predicted octanol–water partition coefficient (Wildman–Crippen LogP) is 3.56. The zero-order chi connectivity index (χ0) is 18.6. The van der Waals surface area contributed by atoms with Crippen LogP contribution in [0.1, 0.15) is 12.0 Å². The quantitative estimate of drug-likeness (QED) is 0.844. The van der Waals surface area contributed by atoms with Crippen LogP contribution in [0.3, 0.4) is 0 Å². The molecule has 2 aromatic rings. The number of morpholine rings is 1. The van der Waals surface area contributed by atoms with E-state index in [1.165, 1.54) is 12.8 Å². The summed E-state index contributed by atoms with van der Waals surface area (Å²) in [5, 5.41) is 3.39. The van der Waals surface area contributed by atoms with Crippen LogP contribution in [0.15, 0.2) is 48.0 Å². The summed E-state index contributed by atoms with van der Waals surface area (Å²) in [6.07, 6.45) is 2.59. The second-order valence-electron chi connectivity index (χ2n) is 6.79. The minimum absolute atomic E-state index is 0.259. The molecule has 0 atom stereocenters. The molecule has 0 spiro atoms. The van der Waals surface area contributed by atoms with Crippen molar-refractivity contribution < 1.29 is 14.3 Å². The normalized spacial score (nSPS) is 16.6. The number of anilines is 2. The van der Waals surface area contributed by atoms with E-state index < -0.39 is 0 Å². The average Bonchev–Trinajstić information content (AvgIpc) is 2.96. The van der Waals surface area contributed by atoms with Crippen LogP contribution in [0, 0.1) is 0 Å². The topological polar surface area (TPSA) is 50.8 Å². The SMILES string of the molecule is COC(=O)C1=Cc2cc(-c3ccc(N4CCOCC4)cc3)ccc2NCC1. The Hall–Kier alpha value is -2.79. The van der Waals surface area contributed by atoms with Crippen molar-refractivity contribution in [3.8, 4) is 11.1 Å². The van der Waals surface area contributed by atoms with Gasteiger partial charge in [-0.3, -0.25) is 0 Å². The lowest BCUT2D eigenvalue weighted by Gasteiger charge is -2.28. The number of carbonyl (C=O) groups excluding carboxylic acids is 1. The van der Waals surface area contributed by atoms with E-state index in [-0.39, 0.29) is 5.97 Å². The van der Waals surface area contributed by atoms with E-state index in [1.807, 2.05) is 6.08 Å². The molecule has 0 aliphatic carbocycles. The molecule has 2 heterocycles. The number of ether oxygens (including phenoxy) is 2. The van der Waals surface area contributed by atoms with Gasteiger partial charge in [-0.1, -0.05) is 18.2 Å². The molecule has 5 heteroatoms. The van der Waals surface area contributed by atoms with Gasteiger partial charge >= 0.3 is 5.97 Å². The van der Waals surface area contributed by atoms with Gasteiger partial charge in [-0.2, -0.15) is 0 Å². The van der Waals surface area contributed by atoms with E-state index in [2.05, 4.69) is 52.7 Å². The third-order valence-corrected chi connectivity index (χ3v) is 5.12. The number of hydrogen-bond donors (Lipinski definition) is 1. The van der Waals surface area contributed by atoms with Crippen molar-refractivity contribution >= 4 is 23.4 Å². The molecule has 1 N–H and O–H groups in total. The lowest BCUT2D eigenvalue weighted by molar-refractivity contribution is -0.136. The van der Waals surface area contributed by atoms with Crippen LogP contribution < -0.4 is 10.2 Å². The monoisotopic (exact) mass is 364 g/mol. The maximum absolute atomic E-state index is 11.9. The lowest BCUT2D eigenvalue weighted by atomic mass is 10.00. The zero-order valence-corrected chi connectivity index (χ0v) is 15.5. The van der Waals surface area contributed by atoms with Crippen LogP contribution in [0.2, 0.25) is 0 Å². The van der Waals surface area contributed by atoms with Gasteiger partial charge in [0.2, 0.25) is 0 Å². The molecular formula is C22H24N2O3. The minimum Gasteiger partial charge on any atom is -0.466 e. The summed E-state index contributed by atoms with van der Waals surface area (Å²) in [5.74, 6) is -0.259. The number of esters is 1. The molecule has 5 nitrogen and oxygen atoms in total. The van der Waals surface area contributed by atoms with Crippen molar-refractivity contribution in [2.24, 2.45) is 0 Å². The van der Waals surface area contributed by atoms with Crippen LogP contribution in [0.4, 0.5) is 11.4 Å². The van der Waals surface area contributed by atoms with Crippen LogP contribution in [0.5, 0.6) is 0 Å². The Labute approximate surface area is 159 Å². The standard InChI is InChI=1S/C22H24N2O3/c1-26-22(25)18-8-9-23-21-7-4-17(14-19(21)15-18)16-2-5-20(6-3-16)24-10-12-27-13-11-24/h2-7,14-15,23H,8-13H2,1H3. The highest BCUT2D eigenvalue weighted by molar-refractivity contribution is 5.95. The van der Waals surface area contributed by atoms with Gasteiger partial charge in [0.25, 0.3) is 0 Å². The van der Waals surface area contributed by atoms with E-state index in [0.717, 1.165) is 55.2 Å². The number of nitrogens with zero attached hydrogens (tertiary/aromatic N) is 1. The van der Waals surface area contributed by atoms with Gasteiger partial charge in [-0.15, -0.1) is 0 Å². The first-order valence-electron chi connectivity index (χ1n) is 9.34. The smallest absolute Gasteiger partial charge is 0.333 e. The Morgan fingerprint density at radius 2 is 1.81 bits per heavy atom. The first kappa shape index (κ1) is 17.6. The third kappa shape index (κ3) is 3.83. The number of benzene rings is 2. The molecular weight excluding hydrogens is 340 g/mol. The molecule has 0 amide bonds. The Morgan fingerprint density at radius 1 is 1.07 bits per heavy atom. The fraction of sp³-hybridized carbons (Fsp3) is 0.318. The number of rotatable bonds is 3. The van der Waals surface area contributed by atoms with Crippen LogP contribution in [-0.4, -0.2) is 45.9 Å². The Bertz CT molecular complexity index is 852. The van der Waals surface area contributed by atoms with E-state index in [0.29, 0.717) is 12.0 Å². The molecule has 2 aliphatic heterocycles. The van der Waals surface area contributed by atoms with Crippen molar-refractivity contribution in [2.75, 3.05) is 50.2 Å². The van der Waals surface area contributed by atoms with Crippen LogP contribution in [0.25, 0.3) is 17.2 Å². The van der Waals surface area contributed by atoms with Gasteiger partial charge < -0.3 is 19.7 Å². The molecule has 1 saturated heterocycles. The van der Waals surface area contributed by atoms with E-state index >= 15 is 0 Å². The van der Waals surface area contributed by atoms with Crippen molar-refractivity contribution in [3.63, 3.8) is 0 Å². The van der Waals surface area contributed by atoms with Gasteiger partial charge in [0.05, 0.1) is 20.3 Å². The highest BCUT2D eigenvalue weighted by Gasteiger charge is 2.15. The zero-order valence-electron chi connectivity index (χ0n) is 15.5. The summed E-state index contributed by atoms with van der Waals surface area (Å²) in [6.45, 7) is 4.17. The second-order valence-corrected chi connectivity index (χ2v) is 6.79. The highest BCUT2D eigenvalue weighted by Crippen LogP contribution is 2.30. The minimum atomic E-state index is -0.259. The molecule has 0 saturated carbocycles. The molecule has 4 rings (SSSR count). The molecule has 0 radical (unpaired) electrons. The maximum Gasteiger partial charge on any atom is 0.333 e. The number of methoxy groups -OCH3 is 1. The summed E-state index contributed by atoms with van der Waals surface area (Å²) in [4.78, 5) is 14.3. The van der Waals surface area contributed by atoms with E-state index in [1.54, 1.807) is 0 Å². The van der Waals surface area contributed by atoms with Crippen molar-refractivity contribution in [3.05, 3.63) is 53.6 Å². The van der Waals surface area contributed by atoms with Crippen molar-refractivity contribution in [1.82, 2.24) is 0 Å². The predicted molar refractivity (Wildman–Crippen MR) is 108 cm³/mol. The average molecular weight is 364 g/mol. The molecule has 0 bridgehead atoms. The summed E-state index contributed by atoms with van der Waals surface area (Å²) < 4.78 is 10.3. The van der Waals surface area contributed by atoms with Gasteiger partial charge in [-0.05, 0) is 53.5 Å². The molecule has 2 aromatic carbocycles. The van der Waals surface area contributed by atoms with Crippen molar-refractivity contribution in [2.45, 2.75) is 6.42 Å². The number of fused-ring (bicyclic) bond motifs is 1. The number of nitrogens with one attached hydrogen (secondary N) is 1. The van der Waals surface area contributed by atoms with E-state index in [4.69, 9.17) is 9.47 Å².